The van der Waals surface area contributed by atoms with Gasteiger partial charge in [-0.3, -0.25) is 19.2 Å². The summed E-state index contributed by atoms with van der Waals surface area (Å²) in [7, 11) is 9.09. The number of nitrogens with one attached hydrogen (secondary N) is 1. The molecule has 2 aliphatic heterocycles. The monoisotopic (exact) mass is 981 g/mol. The number of amides is 3. The minimum absolute atomic E-state index is 0. The number of hydrogen-bond donors (Lipinski definition) is 1. The van der Waals surface area contributed by atoms with Crippen molar-refractivity contribution >= 4 is 42.3 Å². The number of esters is 2. The van der Waals surface area contributed by atoms with Crippen LogP contribution in [-0.2, 0) is 33.3 Å². The minimum atomic E-state index is -0.693. The van der Waals surface area contributed by atoms with Gasteiger partial charge < -0.3 is 62.6 Å². The fourth-order valence-corrected chi connectivity index (χ4v) is 8.12. The highest BCUT2D eigenvalue weighted by Gasteiger charge is 2.41. The van der Waals surface area contributed by atoms with E-state index in [9.17, 15) is 24.0 Å². The van der Waals surface area contributed by atoms with Crippen LogP contribution < -0.4 is 24.3 Å². The Morgan fingerprint density at radius 2 is 1.09 bits per heavy atom. The van der Waals surface area contributed by atoms with Crippen LogP contribution in [-0.4, -0.2) is 170 Å². The van der Waals surface area contributed by atoms with Crippen LogP contribution in [0.3, 0.4) is 0 Å². The van der Waals surface area contributed by atoms with Gasteiger partial charge in [-0.25, -0.2) is 4.79 Å². The van der Waals surface area contributed by atoms with Crippen LogP contribution in [0.5, 0.6) is 23.0 Å². The molecule has 0 spiro atoms. The molecule has 2 aromatic carbocycles. The second kappa shape index (κ2) is 29.1. The average molecular weight is 982 g/mol. The van der Waals surface area contributed by atoms with Gasteiger partial charge in [-0.15, -0.1) is 12.4 Å². The Labute approximate surface area is 409 Å². The summed E-state index contributed by atoms with van der Waals surface area (Å²) in [5.74, 6) is 0.210. The Kier molecular flexibility index (Phi) is 25.3. The standard InChI is InChI=1S/C27H42N2O8.C22H34N2O6.ClH/c1-18(2)29(24(30)19-10-11-22(34-7)23(15-19)36-13-9-12-33-6)21-14-20(25(31)35-8)16-28(17-21)26(32)37-27(3,4)5;1-15(2)24(18-11-17(13-23-14-18)22(26)29-5)21(25)16-7-8-19(28-4)20(12-16)30-10-6-9-27-3;/h10-11,15,18,20-21H,9,12-14,16-17H2,1-8H3;7-8,12,15,17-18,23H,6,9-11,13-14H2,1-5H3;1H/t20-,21?;17-,18?;/m11./s1. The topological polar surface area (TPSA) is 190 Å². The lowest BCUT2D eigenvalue weighted by atomic mass is 9.92. The molecule has 4 rings (SSSR count). The molecule has 68 heavy (non-hydrogen) atoms. The molecule has 2 aromatic rings. The van der Waals surface area contributed by atoms with Gasteiger partial charge in [0.05, 0.1) is 59.5 Å². The Balaban J connectivity index is 0.000000470. The fraction of sp³-hybridized carbons (Fsp3) is 0.653. The third-order valence-corrected chi connectivity index (χ3v) is 11.2. The van der Waals surface area contributed by atoms with Gasteiger partial charge in [-0.05, 0) is 97.7 Å². The Hall–Kier alpha value is -5.04. The summed E-state index contributed by atoms with van der Waals surface area (Å²) < 4.78 is 48.0. The highest BCUT2D eigenvalue weighted by atomic mass is 35.5. The zero-order chi connectivity index (χ0) is 49.8. The van der Waals surface area contributed by atoms with Gasteiger partial charge in [0.15, 0.2) is 23.0 Å². The molecular formula is C49H77ClN4O14. The molecular weight excluding hydrogens is 904 g/mol. The first-order valence-corrected chi connectivity index (χ1v) is 22.9. The van der Waals surface area contributed by atoms with E-state index in [2.05, 4.69) is 5.32 Å². The van der Waals surface area contributed by atoms with Crippen molar-refractivity contribution in [2.24, 2.45) is 11.8 Å². The second-order valence-corrected chi connectivity index (χ2v) is 18.0. The van der Waals surface area contributed by atoms with Crippen LogP contribution in [0.15, 0.2) is 36.4 Å². The minimum Gasteiger partial charge on any atom is -0.493 e. The molecule has 2 heterocycles. The summed E-state index contributed by atoms with van der Waals surface area (Å²) in [6, 6.07) is 9.48. The molecule has 0 saturated carbocycles. The molecule has 384 valence electrons. The van der Waals surface area contributed by atoms with E-state index < -0.39 is 29.6 Å². The molecule has 2 aliphatic rings. The fourth-order valence-electron chi connectivity index (χ4n) is 8.12. The third-order valence-electron chi connectivity index (χ3n) is 11.2. The summed E-state index contributed by atoms with van der Waals surface area (Å²) in [4.78, 5) is 69.7. The zero-order valence-electron chi connectivity index (χ0n) is 42.4. The summed E-state index contributed by atoms with van der Waals surface area (Å²) >= 11 is 0. The maximum Gasteiger partial charge on any atom is 0.410 e. The van der Waals surface area contributed by atoms with E-state index in [1.807, 2.05) is 32.6 Å². The number of likely N-dealkylation sites (tertiary alicyclic amines) is 1. The molecule has 2 fully saturated rings. The first kappa shape index (κ1) is 59.1. The maximum absolute atomic E-state index is 13.8. The van der Waals surface area contributed by atoms with Gasteiger partial charge in [0.2, 0.25) is 0 Å². The molecule has 0 radical (unpaired) electrons. The number of hydrogen-bond acceptors (Lipinski definition) is 15. The van der Waals surface area contributed by atoms with Gasteiger partial charge in [0.1, 0.15) is 5.60 Å². The molecule has 2 saturated heterocycles. The predicted molar refractivity (Wildman–Crippen MR) is 258 cm³/mol. The smallest absolute Gasteiger partial charge is 0.410 e. The lowest BCUT2D eigenvalue weighted by molar-refractivity contribution is -0.148. The van der Waals surface area contributed by atoms with Crippen molar-refractivity contribution in [3.05, 3.63) is 47.5 Å². The molecule has 18 nitrogen and oxygen atoms in total. The van der Waals surface area contributed by atoms with Gasteiger partial charge in [-0.2, -0.15) is 0 Å². The third kappa shape index (κ3) is 17.5. The van der Waals surface area contributed by atoms with Gasteiger partial charge in [-0.1, -0.05) is 0 Å². The molecule has 19 heteroatoms. The van der Waals surface area contributed by atoms with Gasteiger partial charge in [0, 0.05) is 95.7 Å². The molecule has 2 unspecified atom stereocenters. The van der Waals surface area contributed by atoms with Crippen molar-refractivity contribution in [1.29, 1.82) is 0 Å². The van der Waals surface area contributed by atoms with Crippen molar-refractivity contribution < 1.29 is 66.6 Å². The van der Waals surface area contributed by atoms with E-state index in [-0.39, 0.29) is 67.3 Å². The van der Waals surface area contributed by atoms with Crippen molar-refractivity contribution in [2.45, 2.75) is 104 Å². The lowest BCUT2D eigenvalue weighted by Crippen LogP contribution is -2.57. The van der Waals surface area contributed by atoms with E-state index >= 15 is 0 Å². The number of ether oxygens (including phenoxy) is 9. The number of halogens is 1. The maximum atomic E-state index is 13.8. The van der Waals surface area contributed by atoms with Crippen molar-refractivity contribution in [1.82, 2.24) is 20.0 Å². The summed E-state index contributed by atoms with van der Waals surface area (Å²) in [5, 5.41) is 3.26. The van der Waals surface area contributed by atoms with Crippen LogP contribution in [0, 0.1) is 11.8 Å². The van der Waals surface area contributed by atoms with Crippen LogP contribution in [0.1, 0.15) is 94.9 Å². The molecule has 0 aromatic heterocycles. The normalized spacial score (nSPS) is 18.0. The van der Waals surface area contributed by atoms with E-state index in [0.29, 0.717) is 92.9 Å². The number of carbonyl (C=O) groups excluding carboxylic acids is 5. The number of nitrogens with zero attached hydrogens (tertiary/aromatic N) is 3. The number of methoxy groups -OCH3 is 6. The SMILES string of the molecule is COCCCOc1cc(C(=O)N(C(C)C)C2CNC[C@H](C(=O)OC)C2)ccc1OC.COCCCOc1cc(C(=O)N(C(C)C)C2C[C@@H](C(=O)OC)CN(C(=O)OC(C)(C)C)C2)ccc1OC.Cl. The molecule has 4 atom stereocenters. The quantitative estimate of drug-likeness (QED) is 0.0884. The van der Waals surface area contributed by atoms with Gasteiger partial charge in [0.25, 0.3) is 11.8 Å². The number of benzene rings is 2. The summed E-state index contributed by atoms with van der Waals surface area (Å²) in [6.07, 6.45) is 1.83. The lowest BCUT2D eigenvalue weighted by Gasteiger charge is -2.43. The largest absolute Gasteiger partial charge is 0.493 e. The Morgan fingerprint density at radius 3 is 1.51 bits per heavy atom. The predicted octanol–water partition coefficient (Wildman–Crippen LogP) is 6.29. The highest BCUT2D eigenvalue weighted by Crippen LogP contribution is 2.33. The first-order valence-electron chi connectivity index (χ1n) is 22.9. The number of carbonyl (C=O) groups is 5. The van der Waals surface area contributed by atoms with Crippen LogP contribution in [0.25, 0.3) is 0 Å². The van der Waals surface area contributed by atoms with Crippen molar-refractivity contribution in [2.75, 3.05) is 95.3 Å². The average Bonchev–Trinajstić information content (AvgIpc) is 3.30. The summed E-state index contributed by atoms with van der Waals surface area (Å²) in [5.41, 5.74) is 0.243. The van der Waals surface area contributed by atoms with Crippen molar-refractivity contribution in [3.8, 4) is 23.0 Å². The second-order valence-electron chi connectivity index (χ2n) is 18.0. The molecule has 1 N–H and O–H groups in total. The Morgan fingerprint density at radius 1 is 0.632 bits per heavy atom. The van der Waals surface area contributed by atoms with Crippen LogP contribution in [0.4, 0.5) is 4.79 Å². The van der Waals surface area contributed by atoms with Crippen LogP contribution >= 0.6 is 12.4 Å². The van der Waals surface area contributed by atoms with E-state index in [0.717, 1.165) is 6.42 Å². The number of piperidine rings is 2. The van der Waals surface area contributed by atoms with E-state index in [4.69, 9.17) is 42.6 Å². The first-order chi connectivity index (χ1) is 31.8. The molecule has 0 bridgehead atoms. The van der Waals surface area contributed by atoms with E-state index in [1.165, 1.54) is 19.1 Å². The molecule has 3 amide bonds. The molecule has 0 aliphatic carbocycles. The van der Waals surface area contributed by atoms with Gasteiger partial charge >= 0.3 is 18.0 Å². The Bertz CT molecular complexity index is 1910. The summed E-state index contributed by atoms with van der Waals surface area (Å²) in [6.45, 7) is 16.7. The van der Waals surface area contributed by atoms with Crippen LogP contribution in [0.2, 0.25) is 0 Å². The van der Waals surface area contributed by atoms with Crippen molar-refractivity contribution in [3.63, 3.8) is 0 Å². The zero-order valence-corrected chi connectivity index (χ0v) is 43.2. The van der Waals surface area contributed by atoms with E-state index in [1.54, 1.807) is 90.5 Å². The highest BCUT2D eigenvalue weighted by molar-refractivity contribution is 5.96. The number of rotatable bonds is 20.